The van der Waals surface area contributed by atoms with E-state index < -0.39 is 21.0 Å². The Morgan fingerprint density at radius 1 is 1.16 bits per heavy atom. The van der Waals surface area contributed by atoms with Gasteiger partial charge in [-0.3, -0.25) is 15.4 Å². The summed E-state index contributed by atoms with van der Waals surface area (Å²) in [7, 11) is -4.28. The number of aromatic nitrogens is 2. The number of rotatable bonds is 6. The number of hydrogen-bond donors (Lipinski definition) is 2. The van der Waals surface area contributed by atoms with E-state index in [0.717, 1.165) is 0 Å². The van der Waals surface area contributed by atoms with Gasteiger partial charge in [-0.05, 0) is 35.9 Å². The van der Waals surface area contributed by atoms with Gasteiger partial charge in [0.05, 0.1) is 15.6 Å². The number of halogens is 1. The van der Waals surface area contributed by atoms with Gasteiger partial charge < -0.3 is 0 Å². The first-order valence-corrected chi connectivity index (χ1v) is 10.4. The summed E-state index contributed by atoms with van der Waals surface area (Å²) in [4.78, 5) is 30.1. The van der Waals surface area contributed by atoms with Gasteiger partial charge in [0.1, 0.15) is 4.90 Å². The maximum atomic E-state index is 12.5. The fourth-order valence-corrected chi connectivity index (χ4v) is 3.93. The number of nitrogens with one attached hydrogen (secondary N) is 2. The van der Waals surface area contributed by atoms with E-state index in [4.69, 9.17) is 11.6 Å². The number of amides is 2. The average Bonchev–Trinajstić information content (AvgIpc) is 2.73. The summed E-state index contributed by atoms with van der Waals surface area (Å²) in [5.74, 6) is -0.172. The van der Waals surface area contributed by atoms with Gasteiger partial charge in [-0.25, -0.2) is 27.9 Å². The molecule has 2 aromatic carbocycles. The van der Waals surface area contributed by atoms with Crippen molar-refractivity contribution in [2.45, 2.75) is 4.90 Å². The number of benzene rings is 2. The van der Waals surface area contributed by atoms with Crippen molar-refractivity contribution in [1.29, 1.82) is 0 Å². The molecule has 0 aliphatic heterocycles. The minimum Gasteiger partial charge on any atom is -0.275 e. The zero-order chi connectivity index (χ0) is 22.6. The van der Waals surface area contributed by atoms with E-state index in [2.05, 4.69) is 21.9 Å². The molecule has 1 aromatic heterocycles. The van der Waals surface area contributed by atoms with Gasteiger partial charge in [0, 0.05) is 23.9 Å². The molecular weight excluding hydrogens is 446 g/mol. The van der Waals surface area contributed by atoms with Crippen LogP contribution in [0.5, 0.6) is 0 Å². The number of carbonyl (C=O) groups excluding carboxylic acids is 1. The van der Waals surface area contributed by atoms with Gasteiger partial charge in [-0.1, -0.05) is 30.3 Å². The molecule has 3 aromatic rings. The van der Waals surface area contributed by atoms with E-state index in [0.29, 0.717) is 16.8 Å². The zero-order valence-corrected chi connectivity index (χ0v) is 17.2. The third-order valence-corrected chi connectivity index (χ3v) is 5.77. The smallest absolute Gasteiger partial charge is 0.275 e. The molecule has 31 heavy (non-hydrogen) atoms. The van der Waals surface area contributed by atoms with Gasteiger partial charge in [0.2, 0.25) is 5.95 Å². The van der Waals surface area contributed by atoms with Crippen LogP contribution in [0.15, 0.2) is 66.2 Å². The Bertz CT molecular complexity index is 1280. The molecule has 0 unspecified atom stereocenters. The Kier molecular flexibility index (Phi) is 6.28. The van der Waals surface area contributed by atoms with E-state index in [1.54, 1.807) is 6.07 Å². The van der Waals surface area contributed by atoms with Crippen molar-refractivity contribution in [1.82, 2.24) is 14.7 Å². The molecule has 0 saturated heterocycles. The molecule has 0 bridgehead atoms. The Hall–Kier alpha value is -3.83. The molecule has 0 aliphatic carbocycles. The van der Waals surface area contributed by atoms with E-state index >= 15 is 0 Å². The van der Waals surface area contributed by atoms with E-state index in [9.17, 15) is 23.3 Å². The van der Waals surface area contributed by atoms with Gasteiger partial charge in [-0.2, -0.15) is 0 Å². The predicted octanol–water partition coefficient (Wildman–Crippen LogP) is 3.86. The first-order valence-electron chi connectivity index (χ1n) is 8.53. The summed E-state index contributed by atoms with van der Waals surface area (Å²) >= 11 is 5.95. The van der Waals surface area contributed by atoms with Gasteiger partial charge in [0.15, 0.2) is 0 Å². The molecule has 2 amide bonds. The van der Waals surface area contributed by atoms with Crippen LogP contribution in [0, 0.1) is 10.1 Å². The molecule has 1 heterocycles. The summed E-state index contributed by atoms with van der Waals surface area (Å²) in [6.07, 6.45) is 2.78. The summed E-state index contributed by atoms with van der Waals surface area (Å²) in [5.41, 5.74) is 1.33. The summed E-state index contributed by atoms with van der Waals surface area (Å²) in [5, 5.41) is 12.9. The van der Waals surface area contributed by atoms with Gasteiger partial charge >= 0.3 is 6.03 Å². The molecule has 0 fully saturated rings. The first kappa shape index (κ1) is 21.9. The van der Waals surface area contributed by atoms with E-state index in [1.165, 1.54) is 54.7 Å². The fourth-order valence-electron chi connectivity index (χ4n) is 2.49. The lowest BCUT2D eigenvalue weighted by atomic mass is 10.1. The highest BCUT2D eigenvalue weighted by molar-refractivity contribution is 7.90. The third-order valence-electron chi connectivity index (χ3n) is 3.96. The monoisotopic (exact) mass is 459 g/mol. The van der Waals surface area contributed by atoms with Crippen LogP contribution in [0.25, 0.3) is 17.3 Å². The molecular formula is C19H14ClN5O5S. The minimum absolute atomic E-state index is 0.0673. The summed E-state index contributed by atoms with van der Waals surface area (Å²) in [6, 6.07) is 10.3. The Labute approximate surface area is 181 Å². The van der Waals surface area contributed by atoms with Crippen LogP contribution in [0.2, 0.25) is 5.02 Å². The van der Waals surface area contributed by atoms with Crippen molar-refractivity contribution in [3.63, 3.8) is 0 Å². The maximum absolute atomic E-state index is 12.5. The van der Waals surface area contributed by atoms with Crippen LogP contribution < -0.4 is 10.0 Å². The van der Waals surface area contributed by atoms with Crippen molar-refractivity contribution >= 4 is 45.4 Å². The minimum atomic E-state index is -4.28. The molecule has 12 heteroatoms. The number of carbonyl (C=O) groups is 1. The summed E-state index contributed by atoms with van der Waals surface area (Å²) < 4.78 is 26.9. The second-order valence-corrected chi connectivity index (χ2v) is 8.08. The van der Waals surface area contributed by atoms with Crippen molar-refractivity contribution in [2.24, 2.45) is 0 Å². The standard InChI is InChI=1S/C19H14ClN5O5S/c1-2-12-3-8-15(20)17(11-12)31(29,30)24-19(26)23-18-21-10-9-16(22-18)13-4-6-14(7-5-13)25(27)28/h2-11H,1H2,(H2,21,22,23,24,26). The first-order chi connectivity index (χ1) is 14.7. The van der Waals surface area contributed by atoms with Crippen molar-refractivity contribution < 1.29 is 18.1 Å². The van der Waals surface area contributed by atoms with E-state index in [1.807, 2.05) is 4.72 Å². The highest BCUT2D eigenvalue weighted by atomic mass is 35.5. The molecule has 0 radical (unpaired) electrons. The van der Waals surface area contributed by atoms with Crippen LogP contribution >= 0.6 is 11.6 Å². The second kappa shape index (κ2) is 8.90. The number of nitro benzene ring substituents is 1. The van der Waals surface area contributed by atoms with Crippen LogP contribution in [-0.4, -0.2) is 29.3 Å². The lowest BCUT2D eigenvalue weighted by Gasteiger charge is -2.10. The number of hydrogen-bond acceptors (Lipinski definition) is 7. The molecule has 3 rings (SSSR count). The number of anilines is 1. The van der Waals surface area contributed by atoms with Crippen LogP contribution in [0.3, 0.4) is 0 Å². The number of nitrogens with zero attached hydrogens (tertiary/aromatic N) is 3. The summed E-state index contributed by atoms with van der Waals surface area (Å²) in [6.45, 7) is 3.56. The quantitative estimate of drug-likeness (QED) is 0.420. The van der Waals surface area contributed by atoms with Gasteiger partial charge in [0.25, 0.3) is 15.7 Å². The Morgan fingerprint density at radius 2 is 1.87 bits per heavy atom. The van der Waals surface area contributed by atoms with Gasteiger partial charge in [-0.15, -0.1) is 0 Å². The van der Waals surface area contributed by atoms with Crippen LogP contribution in [0.4, 0.5) is 16.4 Å². The SMILES string of the molecule is C=Cc1ccc(Cl)c(S(=O)(=O)NC(=O)Nc2nccc(-c3ccc([N+](=O)[O-])cc3)n2)c1. The molecule has 0 atom stereocenters. The molecule has 0 saturated carbocycles. The zero-order valence-electron chi connectivity index (χ0n) is 15.6. The number of non-ortho nitro benzene ring substituents is 1. The number of urea groups is 1. The molecule has 2 N–H and O–H groups in total. The second-order valence-electron chi connectivity index (χ2n) is 6.02. The van der Waals surface area contributed by atoms with E-state index in [-0.39, 0.29) is 21.6 Å². The topological polar surface area (TPSA) is 144 Å². The van der Waals surface area contributed by atoms with Crippen molar-refractivity contribution in [3.8, 4) is 11.3 Å². The molecule has 0 aliphatic rings. The maximum Gasteiger partial charge on any atom is 0.335 e. The average molecular weight is 460 g/mol. The lowest BCUT2D eigenvalue weighted by Crippen LogP contribution is -2.35. The number of sulfonamides is 1. The fraction of sp³-hybridized carbons (Fsp3) is 0. The lowest BCUT2D eigenvalue weighted by molar-refractivity contribution is -0.384. The number of nitro groups is 1. The normalized spacial score (nSPS) is 10.9. The molecule has 0 spiro atoms. The van der Waals surface area contributed by atoms with Crippen LogP contribution in [-0.2, 0) is 10.0 Å². The third kappa shape index (κ3) is 5.21. The Balaban J connectivity index is 1.77. The molecule has 158 valence electrons. The molecule has 10 nitrogen and oxygen atoms in total. The largest absolute Gasteiger partial charge is 0.335 e. The highest BCUT2D eigenvalue weighted by Crippen LogP contribution is 2.24. The highest BCUT2D eigenvalue weighted by Gasteiger charge is 2.21. The van der Waals surface area contributed by atoms with Crippen LogP contribution in [0.1, 0.15) is 5.56 Å². The van der Waals surface area contributed by atoms with Crippen molar-refractivity contribution in [2.75, 3.05) is 5.32 Å². The predicted molar refractivity (Wildman–Crippen MR) is 115 cm³/mol. The Morgan fingerprint density at radius 3 is 2.52 bits per heavy atom. The van der Waals surface area contributed by atoms with Crippen molar-refractivity contribution in [3.05, 3.63) is 82.0 Å².